The van der Waals surface area contributed by atoms with E-state index >= 15 is 0 Å². The molecule has 0 bridgehead atoms. The Bertz CT molecular complexity index is 1060. The van der Waals surface area contributed by atoms with Crippen LogP contribution in [0.4, 0.5) is 0 Å². The van der Waals surface area contributed by atoms with Crippen LogP contribution < -0.4 is 14.8 Å². The summed E-state index contributed by atoms with van der Waals surface area (Å²) in [5, 5.41) is 3.86. The summed E-state index contributed by atoms with van der Waals surface area (Å²) in [6.45, 7) is 0. The largest absolute Gasteiger partial charge is 0.493 e. The number of methoxy groups -OCH3 is 2. The Hall–Kier alpha value is -2.50. The zero-order chi connectivity index (χ0) is 21.4. The van der Waals surface area contributed by atoms with Gasteiger partial charge in [-0.2, -0.15) is 0 Å². The van der Waals surface area contributed by atoms with Gasteiger partial charge in [0.2, 0.25) is 5.91 Å². The van der Waals surface area contributed by atoms with Gasteiger partial charge in [0.15, 0.2) is 17.3 Å². The molecule has 1 N–H and O–H groups in total. The normalized spacial score (nSPS) is 21.2. The number of ether oxygens (including phenoxy) is 2. The van der Waals surface area contributed by atoms with Gasteiger partial charge in [0.25, 0.3) is 0 Å². The molecule has 2 atom stereocenters. The van der Waals surface area contributed by atoms with E-state index in [4.69, 9.17) is 32.7 Å². The van der Waals surface area contributed by atoms with Gasteiger partial charge in [-0.1, -0.05) is 35.3 Å². The highest BCUT2D eigenvalue weighted by Gasteiger charge is 2.38. The van der Waals surface area contributed by atoms with E-state index in [1.165, 1.54) is 0 Å². The lowest BCUT2D eigenvalue weighted by molar-refractivity contribution is -0.122. The molecule has 1 heterocycles. The molecular weight excluding hydrogens is 425 g/mol. The number of allylic oxidation sites excluding steroid dienone is 2. The Morgan fingerprint density at radius 1 is 0.867 bits per heavy atom. The second-order valence-corrected chi connectivity index (χ2v) is 8.33. The van der Waals surface area contributed by atoms with E-state index in [9.17, 15) is 9.59 Å². The molecule has 1 aliphatic heterocycles. The molecule has 2 unspecified atom stereocenters. The summed E-state index contributed by atoms with van der Waals surface area (Å²) in [6.07, 6.45) is 1.14. The van der Waals surface area contributed by atoms with Crippen molar-refractivity contribution in [1.29, 1.82) is 0 Å². The molecule has 2 aromatic carbocycles. The van der Waals surface area contributed by atoms with Crippen molar-refractivity contribution in [3.05, 3.63) is 68.8 Å². The number of carbonyl (C=O) groups excluding carboxylic acids is 2. The van der Waals surface area contributed by atoms with E-state index in [0.717, 1.165) is 11.1 Å². The number of ketones is 1. The highest BCUT2D eigenvalue weighted by Crippen LogP contribution is 2.44. The molecule has 2 aliphatic rings. The molecule has 0 saturated carbocycles. The monoisotopic (exact) mass is 445 g/mol. The van der Waals surface area contributed by atoms with Crippen LogP contribution in [0.5, 0.6) is 11.5 Å². The SMILES string of the molecule is COc1ccc(C2CC(=O)NC3=C2C(=O)CC(c2ccc(Cl)c(Cl)c2)C3)cc1OC. The van der Waals surface area contributed by atoms with Gasteiger partial charge >= 0.3 is 0 Å². The van der Waals surface area contributed by atoms with Crippen molar-refractivity contribution >= 4 is 34.9 Å². The van der Waals surface area contributed by atoms with Gasteiger partial charge in [-0.15, -0.1) is 0 Å². The van der Waals surface area contributed by atoms with E-state index in [0.29, 0.717) is 45.7 Å². The van der Waals surface area contributed by atoms with Crippen molar-refractivity contribution < 1.29 is 19.1 Å². The van der Waals surface area contributed by atoms with Crippen molar-refractivity contribution in [1.82, 2.24) is 5.32 Å². The van der Waals surface area contributed by atoms with Crippen LogP contribution >= 0.6 is 23.2 Å². The lowest BCUT2D eigenvalue weighted by atomic mass is 9.73. The van der Waals surface area contributed by atoms with Gasteiger partial charge in [-0.05, 0) is 47.7 Å². The van der Waals surface area contributed by atoms with Crippen LogP contribution in [-0.2, 0) is 9.59 Å². The Kier molecular flexibility index (Phi) is 5.76. The van der Waals surface area contributed by atoms with E-state index in [2.05, 4.69) is 5.32 Å². The topological polar surface area (TPSA) is 64.6 Å². The van der Waals surface area contributed by atoms with E-state index < -0.39 is 0 Å². The number of hydrogen-bond acceptors (Lipinski definition) is 4. The minimum Gasteiger partial charge on any atom is -0.493 e. The van der Waals surface area contributed by atoms with Gasteiger partial charge in [-0.3, -0.25) is 9.59 Å². The number of Topliss-reactive ketones (excluding diaryl/α,β-unsaturated/α-hetero) is 1. The third-order valence-electron chi connectivity index (χ3n) is 5.76. The maximum Gasteiger partial charge on any atom is 0.225 e. The quantitative estimate of drug-likeness (QED) is 0.717. The lowest BCUT2D eigenvalue weighted by Gasteiger charge is -2.34. The molecule has 0 radical (unpaired) electrons. The second kappa shape index (κ2) is 8.32. The zero-order valence-electron chi connectivity index (χ0n) is 16.6. The third-order valence-corrected chi connectivity index (χ3v) is 6.50. The highest BCUT2D eigenvalue weighted by molar-refractivity contribution is 6.42. The Labute approximate surface area is 185 Å². The van der Waals surface area contributed by atoms with Gasteiger partial charge in [-0.25, -0.2) is 0 Å². The molecule has 2 aromatic rings. The fraction of sp³-hybridized carbons (Fsp3) is 0.304. The van der Waals surface area contributed by atoms with Gasteiger partial charge in [0.05, 0.1) is 24.3 Å². The summed E-state index contributed by atoms with van der Waals surface area (Å²) in [5.74, 6) is 0.736. The van der Waals surface area contributed by atoms with E-state index in [1.54, 1.807) is 32.4 Å². The summed E-state index contributed by atoms with van der Waals surface area (Å²) in [5.41, 5.74) is 3.17. The van der Waals surface area contributed by atoms with Crippen LogP contribution in [0.2, 0.25) is 10.0 Å². The Morgan fingerprint density at radius 2 is 1.60 bits per heavy atom. The molecule has 30 heavy (non-hydrogen) atoms. The standard InChI is InChI=1S/C23H21Cl2NO4/c1-29-20-6-4-13(10-21(20)30-2)15-11-22(28)26-18-8-14(9-19(27)23(15)18)12-3-5-16(24)17(25)7-12/h3-7,10,14-15H,8-9,11H2,1-2H3,(H,26,28). The maximum atomic E-state index is 13.2. The molecular formula is C23H21Cl2NO4. The number of carbonyl (C=O) groups is 2. The number of benzene rings is 2. The second-order valence-electron chi connectivity index (χ2n) is 7.51. The third kappa shape index (κ3) is 3.80. The summed E-state index contributed by atoms with van der Waals surface area (Å²) in [7, 11) is 3.13. The average Bonchev–Trinajstić information content (AvgIpc) is 2.74. The van der Waals surface area contributed by atoms with Crippen LogP contribution in [0.1, 0.15) is 42.2 Å². The molecule has 0 aromatic heterocycles. The summed E-state index contributed by atoms with van der Waals surface area (Å²) < 4.78 is 10.7. The van der Waals surface area contributed by atoms with Gasteiger partial charge < -0.3 is 14.8 Å². The smallest absolute Gasteiger partial charge is 0.225 e. The van der Waals surface area contributed by atoms with Crippen molar-refractivity contribution in [2.75, 3.05) is 14.2 Å². The number of rotatable bonds is 4. The maximum absolute atomic E-state index is 13.2. The summed E-state index contributed by atoms with van der Waals surface area (Å²) >= 11 is 12.2. The first-order chi connectivity index (χ1) is 14.4. The number of halogens is 2. The Balaban J connectivity index is 1.71. The van der Waals surface area contributed by atoms with Crippen molar-refractivity contribution in [2.24, 2.45) is 0 Å². The molecule has 156 valence electrons. The molecule has 4 rings (SSSR count). The zero-order valence-corrected chi connectivity index (χ0v) is 18.1. The Morgan fingerprint density at radius 3 is 2.30 bits per heavy atom. The molecule has 0 saturated heterocycles. The minimum atomic E-state index is -0.309. The first-order valence-corrected chi connectivity index (χ1v) is 10.4. The fourth-order valence-electron chi connectivity index (χ4n) is 4.32. The van der Waals surface area contributed by atoms with Crippen LogP contribution in [-0.4, -0.2) is 25.9 Å². The first-order valence-electron chi connectivity index (χ1n) is 9.64. The summed E-state index contributed by atoms with van der Waals surface area (Å²) in [4.78, 5) is 25.7. The molecule has 0 spiro atoms. The number of nitrogens with one attached hydrogen (secondary N) is 1. The average molecular weight is 446 g/mol. The van der Waals surface area contributed by atoms with Crippen molar-refractivity contribution in [2.45, 2.75) is 31.1 Å². The van der Waals surface area contributed by atoms with Crippen LogP contribution in [0, 0.1) is 0 Å². The summed E-state index contributed by atoms with van der Waals surface area (Å²) in [6, 6.07) is 10.9. The van der Waals surface area contributed by atoms with Crippen LogP contribution in [0.25, 0.3) is 0 Å². The molecule has 1 aliphatic carbocycles. The minimum absolute atomic E-state index is 0.0344. The van der Waals surface area contributed by atoms with E-state index in [-0.39, 0.29) is 29.9 Å². The van der Waals surface area contributed by atoms with E-state index in [1.807, 2.05) is 18.2 Å². The highest BCUT2D eigenvalue weighted by atomic mass is 35.5. The van der Waals surface area contributed by atoms with Crippen molar-refractivity contribution in [3.8, 4) is 11.5 Å². The van der Waals surface area contributed by atoms with Gasteiger partial charge in [0.1, 0.15) is 0 Å². The molecule has 0 fully saturated rings. The molecule has 1 amide bonds. The first kappa shape index (κ1) is 20.8. The fourth-order valence-corrected chi connectivity index (χ4v) is 4.62. The predicted octanol–water partition coefficient (Wildman–Crippen LogP) is 5.01. The van der Waals surface area contributed by atoms with Crippen LogP contribution in [0.3, 0.4) is 0 Å². The number of amides is 1. The number of hydrogen-bond donors (Lipinski definition) is 1. The van der Waals surface area contributed by atoms with Crippen LogP contribution in [0.15, 0.2) is 47.7 Å². The molecule has 5 nitrogen and oxygen atoms in total. The van der Waals surface area contributed by atoms with Crippen molar-refractivity contribution in [3.63, 3.8) is 0 Å². The lowest BCUT2D eigenvalue weighted by Crippen LogP contribution is -2.38. The molecule has 7 heteroatoms. The van der Waals surface area contributed by atoms with Gasteiger partial charge in [0, 0.05) is 30.0 Å². The predicted molar refractivity (Wildman–Crippen MR) is 116 cm³/mol.